The van der Waals surface area contributed by atoms with Gasteiger partial charge in [-0.2, -0.15) is 0 Å². The van der Waals surface area contributed by atoms with Gasteiger partial charge in [-0.25, -0.2) is 0 Å². The van der Waals surface area contributed by atoms with Crippen molar-refractivity contribution in [1.29, 1.82) is 0 Å². The third-order valence-electron chi connectivity index (χ3n) is 3.34. The summed E-state index contributed by atoms with van der Waals surface area (Å²) in [5.74, 6) is 0. The van der Waals surface area contributed by atoms with E-state index in [0.717, 1.165) is 34.0 Å². The van der Waals surface area contributed by atoms with Gasteiger partial charge in [-0.15, -0.1) is 0 Å². The van der Waals surface area contributed by atoms with E-state index in [4.69, 9.17) is 9.31 Å². The van der Waals surface area contributed by atoms with Crippen molar-refractivity contribution >= 4 is 44.4 Å². The molecule has 110 valence electrons. The predicted molar refractivity (Wildman–Crippen MR) is 90.5 cm³/mol. The Morgan fingerprint density at radius 1 is 1.10 bits per heavy atom. The molecule has 1 aliphatic rings. The maximum Gasteiger partial charge on any atom is 0.494 e. The van der Waals surface area contributed by atoms with Gasteiger partial charge < -0.3 is 9.31 Å². The zero-order chi connectivity index (χ0) is 14.4. The first kappa shape index (κ1) is 16.5. The molecule has 1 aliphatic heterocycles. The van der Waals surface area contributed by atoms with Crippen LogP contribution in [-0.4, -0.2) is 44.9 Å². The number of rotatable bonds is 4. The van der Waals surface area contributed by atoms with Crippen LogP contribution in [-0.2, 0) is 9.31 Å². The summed E-state index contributed by atoms with van der Waals surface area (Å²) >= 11 is 7.01. The van der Waals surface area contributed by atoms with E-state index >= 15 is 0 Å². The predicted octanol–water partition coefficient (Wildman–Crippen LogP) is 3.06. The minimum atomic E-state index is -0.267. The molecule has 0 N–H and O–H groups in total. The third-order valence-corrected chi connectivity index (χ3v) is 4.25. The Kier molecular flexibility index (Phi) is 7.04. The highest BCUT2D eigenvalue weighted by Crippen LogP contribution is 2.16. The second-order valence-corrected chi connectivity index (χ2v) is 6.80. The molecule has 0 aromatic heterocycles. The summed E-state index contributed by atoms with van der Waals surface area (Å²) in [7, 11) is -0.267. The standard InChI is InChI=1S/C14H20BBr2NO2/c1-2-3-4-18-5-7-19-15(20-8-6-18)12-9-13(16)11-14(17)10-12/h9-11H,2-8H2,1H3. The summed E-state index contributed by atoms with van der Waals surface area (Å²) < 4.78 is 13.8. The van der Waals surface area contributed by atoms with Crippen LogP contribution in [0.4, 0.5) is 0 Å². The molecule has 3 nitrogen and oxygen atoms in total. The summed E-state index contributed by atoms with van der Waals surface area (Å²) in [5.41, 5.74) is 1.05. The van der Waals surface area contributed by atoms with E-state index in [9.17, 15) is 0 Å². The minimum absolute atomic E-state index is 0.267. The Morgan fingerprint density at radius 2 is 1.70 bits per heavy atom. The number of halogens is 2. The molecule has 1 saturated heterocycles. The maximum atomic E-state index is 5.88. The van der Waals surface area contributed by atoms with Gasteiger partial charge in [0.05, 0.1) is 0 Å². The second kappa shape index (κ2) is 8.54. The Bertz CT molecular complexity index is 403. The van der Waals surface area contributed by atoms with Crippen LogP contribution < -0.4 is 5.46 Å². The fourth-order valence-electron chi connectivity index (χ4n) is 2.25. The highest BCUT2D eigenvalue weighted by molar-refractivity contribution is 9.11. The number of hydrogen-bond donors (Lipinski definition) is 0. The Hall–Kier alpha value is 0.125. The molecule has 0 amide bonds. The quantitative estimate of drug-likeness (QED) is 0.720. The highest BCUT2D eigenvalue weighted by Gasteiger charge is 2.24. The number of unbranched alkanes of at least 4 members (excludes halogenated alkanes) is 1. The van der Waals surface area contributed by atoms with Gasteiger partial charge in [-0.05, 0) is 36.6 Å². The van der Waals surface area contributed by atoms with Gasteiger partial charge in [0.1, 0.15) is 0 Å². The van der Waals surface area contributed by atoms with Crippen molar-refractivity contribution in [2.75, 3.05) is 32.8 Å². The molecule has 0 aliphatic carbocycles. The fourth-order valence-corrected chi connectivity index (χ4v) is 3.58. The molecule has 6 heteroatoms. The van der Waals surface area contributed by atoms with E-state index in [1.807, 2.05) is 18.2 Å². The van der Waals surface area contributed by atoms with Crippen molar-refractivity contribution < 1.29 is 9.31 Å². The van der Waals surface area contributed by atoms with Crippen LogP contribution in [0.25, 0.3) is 0 Å². The van der Waals surface area contributed by atoms with E-state index in [1.165, 1.54) is 12.8 Å². The Labute approximate surface area is 138 Å². The van der Waals surface area contributed by atoms with Gasteiger partial charge in [0, 0.05) is 35.2 Å². The first-order chi connectivity index (χ1) is 9.69. The largest absolute Gasteiger partial charge is 0.494 e. The molecule has 0 unspecified atom stereocenters. The molecule has 0 atom stereocenters. The molecule has 0 spiro atoms. The van der Waals surface area contributed by atoms with E-state index in [1.54, 1.807) is 0 Å². The minimum Gasteiger partial charge on any atom is -0.406 e. The van der Waals surface area contributed by atoms with Crippen molar-refractivity contribution in [1.82, 2.24) is 4.90 Å². The van der Waals surface area contributed by atoms with Crippen LogP contribution >= 0.6 is 31.9 Å². The van der Waals surface area contributed by atoms with Crippen LogP contribution in [0, 0.1) is 0 Å². The van der Waals surface area contributed by atoms with Crippen LogP contribution in [0.15, 0.2) is 27.1 Å². The molecule has 1 aromatic rings. The first-order valence-electron chi connectivity index (χ1n) is 7.10. The summed E-state index contributed by atoms with van der Waals surface area (Å²) in [6.45, 7) is 6.73. The van der Waals surface area contributed by atoms with Crippen LogP contribution in [0.1, 0.15) is 19.8 Å². The smallest absolute Gasteiger partial charge is 0.406 e. The van der Waals surface area contributed by atoms with Crippen molar-refractivity contribution in [3.05, 3.63) is 27.1 Å². The summed E-state index contributed by atoms with van der Waals surface area (Å²) in [6, 6.07) is 6.11. The molecule has 0 radical (unpaired) electrons. The zero-order valence-corrected chi connectivity index (χ0v) is 15.0. The normalized spacial score (nSPS) is 17.9. The molecule has 1 fully saturated rings. The van der Waals surface area contributed by atoms with Gasteiger partial charge in [-0.3, -0.25) is 4.90 Å². The lowest BCUT2D eigenvalue weighted by molar-refractivity contribution is 0.116. The van der Waals surface area contributed by atoms with Gasteiger partial charge in [0.25, 0.3) is 0 Å². The number of hydrogen-bond acceptors (Lipinski definition) is 3. The van der Waals surface area contributed by atoms with Crippen LogP contribution in [0.3, 0.4) is 0 Å². The lowest BCUT2D eigenvalue weighted by Gasteiger charge is -2.27. The van der Waals surface area contributed by atoms with E-state index in [0.29, 0.717) is 13.2 Å². The SMILES string of the molecule is CCCCN1CCOB(c2cc(Br)cc(Br)c2)OCC1. The zero-order valence-electron chi connectivity index (χ0n) is 11.8. The molecule has 2 rings (SSSR count). The Balaban J connectivity index is 1.92. The summed E-state index contributed by atoms with van der Waals surface area (Å²) in [4.78, 5) is 2.41. The first-order valence-corrected chi connectivity index (χ1v) is 8.69. The maximum absolute atomic E-state index is 5.88. The molecule has 0 saturated carbocycles. The van der Waals surface area contributed by atoms with Gasteiger partial charge in [-0.1, -0.05) is 45.2 Å². The molecule has 1 heterocycles. The van der Waals surface area contributed by atoms with Crippen molar-refractivity contribution in [3.8, 4) is 0 Å². The molecule has 0 bridgehead atoms. The van der Waals surface area contributed by atoms with E-state index in [2.05, 4.69) is 43.7 Å². The van der Waals surface area contributed by atoms with E-state index < -0.39 is 0 Å². The lowest BCUT2D eigenvalue weighted by Crippen LogP contribution is -2.44. The lowest BCUT2D eigenvalue weighted by atomic mass is 9.79. The Morgan fingerprint density at radius 3 is 2.25 bits per heavy atom. The van der Waals surface area contributed by atoms with Crippen molar-refractivity contribution in [2.45, 2.75) is 19.8 Å². The monoisotopic (exact) mass is 403 g/mol. The average Bonchev–Trinajstić information content (AvgIpc) is 2.36. The topological polar surface area (TPSA) is 21.7 Å². The van der Waals surface area contributed by atoms with Crippen LogP contribution in [0.2, 0.25) is 0 Å². The highest BCUT2D eigenvalue weighted by atomic mass is 79.9. The molecule has 1 aromatic carbocycles. The van der Waals surface area contributed by atoms with Crippen molar-refractivity contribution in [2.24, 2.45) is 0 Å². The second-order valence-electron chi connectivity index (χ2n) is 4.97. The van der Waals surface area contributed by atoms with Gasteiger partial charge in [0.2, 0.25) is 0 Å². The average molecular weight is 405 g/mol. The van der Waals surface area contributed by atoms with Crippen molar-refractivity contribution in [3.63, 3.8) is 0 Å². The van der Waals surface area contributed by atoms with Gasteiger partial charge in [0.15, 0.2) is 0 Å². The number of nitrogens with zero attached hydrogens (tertiary/aromatic N) is 1. The molecular formula is C14H20BBr2NO2. The van der Waals surface area contributed by atoms with E-state index in [-0.39, 0.29) is 7.12 Å². The third kappa shape index (κ3) is 5.15. The summed E-state index contributed by atoms with van der Waals surface area (Å²) in [5, 5.41) is 0. The number of benzene rings is 1. The fraction of sp³-hybridized carbons (Fsp3) is 0.571. The van der Waals surface area contributed by atoms with Gasteiger partial charge >= 0.3 is 7.12 Å². The molecule has 20 heavy (non-hydrogen) atoms. The molecular weight excluding hydrogens is 385 g/mol. The van der Waals surface area contributed by atoms with Crippen LogP contribution in [0.5, 0.6) is 0 Å². The summed E-state index contributed by atoms with van der Waals surface area (Å²) in [6.07, 6.45) is 2.47.